The van der Waals surface area contributed by atoms with Crippen LogP contribution in [0, 0.1) is 12.8 Å². The molecule has 98 valence electrons. The molecular weight excluding hydrogens is 226 g/mol. The van der Waals surface area contributed by atoms with E-state index in [0.717, 1.165) is 31.5 Å². The Labute approximate surface area is 108 Å². The van der Waals surface area contributed by atoms with E-state index < -0.39 is 0 Å². The smallest absolute Gasteiger partial charge is 0.254 e. The molecule has 2 rings (SSSR count). The summed E-state index contributed by atoms with van der Waals surface area (Å²) < 4.78 is 0. The molecule has 3 heteroatoms. The summed E-state index contributed by atoms with van der Waals surface area (Å²) in [6, 6.07) is 4.95. The molecule has 1 amide bonds. The van der Waals surface area contributed by atoms with E-state index in [9.17, 15) is 9.90 Å². The minimum Gasteiger partial charge on any atom is -0.508 e. The van der Waals surface area contributed by atoms with Crippen LogP contribution in [-0.4, -0.2) is 29.0 Å². The number of aromatic hydroxyl groups is 1. The van der Waals surface area contributed by atoms with E-state index in [1.54, 1.807) is 18.2 Å². The molecule has 1 heterocycles. The Morgan fingerprint density at radius 1 is 1.33 bits per heavy atom. The Balaban J connectivity index is 2.15. The predicted octanol–water partition coefficient (Wildman–Crippen LogP) is 2.96. The molecule has 0 bridgehead atoms. The van der Waals surface area contributed by atoms with Gasteiger partial charge in [0.1, 0.15) is 5.75 Å². The lowest BCUT2D eigenvalue weighted by atomic mass is 10.0. The Bertz CT molecular complexity index is 442. The Kier molecular flexibility index (Phi) is 3.90. The van der Waals surface area contributed by atoms with Crippen LogP contribution in [0.1, 0.15) is 42.1 Å². The van der Waals surface area contributed by atoms with E-state index in [2.05, 4.69) is 6.92 Å². The highest BCUT2D eigenvalue weighted by atomic mass is 16.3. The predicted molar refractivity (Wildman–Crippen MR) is 71.8 cm³/mol. The van der Waals surface area contributed by atoms with Crippen LogP contribution in [0.15, 0.2) is 18.2 Å². The highest BCUT2D eigenvalue weighted by molar-refractivity contribution is 5.95. The van der Waals surface area contributed by atoms with Crippen LogP contribution >= 0.6 is 0 Å². The number of amides is 1. The van der Waals surface area contributed by atoms with Crippen LogP contribution in [0.25, 0.3) is 0 Å². The summed E-state index contributed by atoms with van der Waals surface area (Å²) in [5.41, 5.74) is 1.56. The fourth-order valence-electron chi connectivity index (χ4n) is 2.52. The van der Waals surface area contributed by atoms with Crippen molar-refractivity contribution >= 4 is 5.91 Å². The summed E-state index contributed by atoms with van der Waals surface area (Å²) in [5.74, 6) is 1.03. The van der Waals surface area contributed by atoms with Crippen LogP contribution in [-0.2, 0) is 0 Å². The molecule has 0 aromatic heterocycles. The standard InChI is InChI=1S/C15H21NO2/c1-11-4-3-8-16(9-7-11)15(18)14-6-5-13(17)10-12(14)2/h5-6,10-11,17H,3-4,7-9H2,1-2H3. The second-order valence-electron chi connectivity index (χ2n) is 5.33. The number of benzene rings is 1. The molecule has 1 N–H and O–H groups in total. The van der Waals surface area contributed by atoms with Crippen LogP contribution in [0.3, 0.4) is 0 Å². The van der Waals surface area contributed by atoms with E-state index in [0.29, 0.717) is 11.5 Å². The number of hydrogen-bond acceptors (Lipinski definition) is 2. The van der Waals surface area contributed by atoms with Crippen molar-refractivity contribution in [1.82, 2.24) is 4.90 Å². The van der Waals surface area contributed by atoms with Crippen molar-refractivity contribution in [2.75, 3.05) is 13.1 Å². The van der Waals surface area contributed by atoms with Gasteiger partial charge < -0.3 is 10.0 Å². The van der Waals surface area contributed by atoms with E-state index in [1.807, 2.05) is 11.8 Å². The first kappa shape index (κ1) is 12.9. The average Bonchev–Trinajstić information content (AvgIpc) is 2.53. The lowest BCUT2D eigenvalue weighted by molar-refractivity contribution is 0.0759. The van der Waals surface area contributed by atoms with Crippen LogP contribution in [0.2, 0.25) is 0 Å². The molecule has 1 aromatic rings. The van der Waals surface area contributed by atoms with Crippen molar-refractivity contribution in [3.63, 3.8) is 0 Å². The van der Waals surface area contributed by atoms with Gasteiger partial charge in [0.15, 0.2) is 0 Å². The van der Waals surface area contributed by atoms with Crippen LogP contribution in [0.4, 0.5) is 0 Å². The Morgan fingerprint density at radius 2 is 2.11 bits per heavy atom. The minimum absolute atomic E-state index is 0.0987. The van der Waals surface area contributed by atoms with Gasteiger partial charge in [-0.1, -0.05) is 6.92 Å². The van der Waals surface area contributed by atoms with Crippen LogP contribution < -0.4 is 0 Å². The second-order valence-corrected chi connectivity index (χ2v) is 5.33. The quantitative estimate of drug-likeness (QED) is 0.828. The summed E-state index contributed by atoms with van der Waals surface area (Å²) in [6.45, 7) is 5.82. The monoisotopic (exact) mass is 247 g/mol. The first-order valence-electron chi connectivity index (χ1n) is 6.67. The summed E-state index contributed by atoms with van der Waals surface area (Å²) in [4.78, 5) is 14.4. The third-order valence-electron chi connectivity index (χ3n) is 3.74. The largest absolute Gasteiger partial charge is 0.508 e. The maximum Gasteiger partial charge on any atom is 0.254 e. The van der Waals surface area contributed by atoms with Gasteiger partial charge in [-0.3, -0.25) is 4.79 Å². The van der Waals surface area contributed by atoms with E-state index in [-0.39, 0.29) is 11.7 Å². The summed E-state index contributed by atoms with van der Waals surface area (Å²) in [5, 5.41) is 9.38. The maximum absolute atomic E-state index is 12.4. The van der Waals surface area contributed by atoms with Gasteiger partial charge in [0.2, 0.25) is 0 Å². The number of hydrogen-bond donors (Lipinski definition) is 1. The molecule has 1 fully saturated rings. The van der Waals surface area contributed by atoms with Crippen molar-refractivity contribution in [2.24, 2.45) is 5.92 Å². The molecule has 1 unspecified atom stereocenters. The molecule has 3 nitrogen and oxygen atoms in total. The number of likely N-dealkylation sites (tertiary alicyclic amines) is 1. The molecule has 1 aromatic carbocycles. The van der Waals surface area contributed by atoms with E-state index in [4.69, 9.17) is 0 Å². The molecule has 1 aliphatic heterocycles. The van der Waals surface area contributed by atoms with Gasteiger partial charge in [-0.25, -0.2) is 0 Å². The van der Waals surface area contributed by atoms with E-state index in [1.165, 1.54) is 6.42 Å². The number of phenolic OH excluding ortho intramolecular Hbond substituents is 1. The summed E-state index contributed by atoms with van der Waals surface area (Å²) in [7, 11) is 0. The Hall–Kier alpha value is -1.51. The van der Waals surface area contributed by atoms with Crippen molar-refractivity contribution < 1.29 is 9.90 Å². The molecule has 0 radical (unpaired) electrons. The fourth-order valence-corrected chi connectivity index (χ4v) is 2.52. The zero-order chi connectivity index (χ0) is 13.1. The van der Waals surface area contributed by atoms with Crippen molar-refractivity contribution in [3.8, 4) is 5.75 Å². The normalized spacial score (nSPS) is 20.6. The van der Waals surface area contributed by atoms with Crippen LogP contribution in [0.5, 0.6) is 5.75 Å². The third-order valence-corrected chi connectivity index (χ3v) is 3.74. The molecule has 0 spiro atoms. The number of carbonyl (C=O) groups excluding carboxylic acids is 1. The molecule has 1 atom stereocenters. The molecule has 1 aliphatic rings. The first-order chi connectivity index (χ1) is 8.58. The SMILES string of the molecule is Cc1cc(O)ccc1C(=O)N1CCCC(C)CC1. The van der Waals surface area contributed by atoms with Gasteiger partial charge in [-0.05, 0) is 55.9 Å². The van der Waals surface area contributed by atoms with Gasteiger partial charge in [0.05, 0.1) is 0 Å². The third kappa shape index (κ3) is 2.84. The second kappa shape index (κ2) is 5.42. The lowest BCUT2D eigenvalue weighted by Gasteiger charge is -2.21. The molecule has 18 heavy (non-hydrogen) atoms. The van der Waals surface area contributed by atoms with Gasteiger partial charge >= 0.3 is 0 Å². The highest BCUT2D eigenvalue weighted by Crippen LogP contribution is 2.21. The first-order valence-corrected chi connectivity index (χ1v) is 6.67. The topological polar surface area (TPSA) is 40.5 Å². The number of nitrogens with zero attached hydrogens (tertiary/aromatic N) is 1. The zero-order valence-electron chi connectivity index (χ0n) is 11.1. The Morgan fingerprint density at radius 3 is 2.83 bits per heavy atom. The highest BCUT2D eigenvalue weighted by Gasteiger charge is 2.20. The molecule has 1 saturated heterocycles. The van der Waals surface area contributed by atoms with Gasteiger partial charge in [0.25, 0.3) is 5.91 Å². The van der Waals surface area contributed by atoms with Gasteiger partial charge in [0, 0.05) is 18.7 Å². The van der Waals surface area contributed by atoms with Gasteiger partial charge in [-0.15, -0.1) is 0 Å². The van der Waals surface area contributed by atoms with Crippen molar-refractivity contribution in [3.05, 3.63) is 29.3 Å². The number of rotatable bonds is 1. The average molecular weight is 247 g/mol. The summed E-state index contributed by atoms with van der Waals surface area (Å²) >= 11 is 0. The molecule has 0 saturated carbocycles. The number of phenols is 1. The minimum atomic E-state index is 0.0987. The van der Waals surface area contributed by atoms with Crippen molar-refractivity contribution in [2.45, 2.75) is 33.1 Å². The van der Waals surface area contributed by atoms with Gasteiger partial charge in [-0.2, -0.15) is 0 Å². The fraction of sp³-hybridized carbons (Fsp3) is 0.533. The molecular formula is C15H21NO2. The zero-order valence-corrected chi connectivity index (χ0v) is 11.1. The lowest BCUT2D eigenvalue weighted by Crippen LogP contribution is -2.32. The maximum atomic E-state index is 12.4. The number of aryl methyl sites for hydroxylation is 1. The number of carbonyl (C=O) groups is 1. The van der Waals surface area contributed by atoms with Crippen molar-refractivity contribution in [1.29, 1.82) is 0 Å². The van der Waals surface area contributed by atoms with E-state index >= 15 is 0 Å². The molecule has 0 aliphatic carbocycles. The summed E-state index contributed by atoms with van der Waals surface area (Å²) in [6.07, 6.45) is 3.38.